The SMILES string of the molecule is CCOCCOCCOCCOCCOCCC1=[C+]NCC=C1.CCOCCOCCOCCOCCOCCC1=[C+]NCC=C1.CCOP(=O)([O-])[O-]. The van der Waals surface area contributed by atoms with Crippen LogP contribution in [0.4, 0.5) is 0 Å². The van der Waals surface area contributed by atoms with Crippen LogP contribution in [0.3, 0.4) is 0 Å². The largest absolute Gasteiger partial charge is 0.790 e. The smallest absolute Gasteiger partial charge is 0.194 e. The van der Waals surface area contributed by atoms with Crippen LogP contribution >= 0.6 is 7.82 Å². The van der Waals surface area contributed by atoms with Gasteiger partial charge in [-0.25, -0.2) is 0 Å². The summed E-state index contributed by atoms with van der Waals surface area (Å²) in [6.07, 6.45) is 16.3. The second-order valence-corrected chi connectivity index (χ2v) is 11.7. The molecular weight excluding hydrogens is 715 g/mol. The van der Waals surface area contributed by atoms with E-state index in [1.807, 2.05) is 13.8 Å². The Bertz CT molecular complexity index is 887. The van der Waals surface area contributed by atoms with E-state index in [2.05, 4.69) is 51.9 Å². The molecule has 2 rings (SSSR count). The Morgan fingerprint density at radius 2 is 0.774 bits per heavy atom. The molecular formula is C36H65N2O14P. The topological polar surface area (TPSA) is 189 Å². The summed E-state index contributed by atoms with van der Waals surface area (Å²) < 4.78 is 66.8. The van der Waals surface area contributed by atoms with E-state index in [1.165, 1.54) is 6.92 Å². The average molecular weight is 781 g/mol. The number of dihydropyridines is 2. The minimum atomic E-state index is -4.67. The summed E-state index contributed by atoms with van der Waals surface area (Å²) >= 11 is 0. The Morgan fingerprint density at radius 3 is 0.981 bits per heavy atom. The zero-order chi connectivity index (χ0) is 38.8. The maximum Gasteiger partial charge on any atom is 0.194 e. The zero-order valence-corrected chi connectivity index (χ0v) is 33.0. The van der Waals surface area contributed by atoms with Gasteiger partial charge in [0.25, 0.3) is 0 Å². The maximum atomic E-state index is 9.48. The summed E-state index contributed by atoms with van der Waals surface area (Å²) in [5.41, 5.74) is 2.29. The molecule has 0 bridgehead atoms. The van der Waals surface area contributed by atoms with Crippen LogP contribution < -0.4 is 20.4 Å². The fourth-order valence-electron chi connectivity index (χ4n) is 3.79. The van der Waals surface area contributed by atoms with Crippen LogP contribution in [0, 0.1) is 12.4 Å². The molecule has 0 saturated heterocycles. The van der Waals surface area contributed by atoms with Crippen LogP contribution in [-0.4, -0.2) is 152 Å². The van der Waals surface area contributed by atoms with E-state index in [-0.39, 0.29) is 6.61 Å². The molecule has 53 heavy (non-hydrogen) atoms. The summed E-state index contributed by atoms with van der Waals surface area (Å²) in [5.74, 6) is 0. The van der Waals surface area contributed by atoms with Gasteiger partial charge in [0.2, 0.25) is 0 Å². The van der Waals surface area contributed by atoms with E-state index in [1.54, 1.807) is 0 Å². The first kappa shape index (κ1) is 51.1. The third-order valence-corrected chi connectivity index (χ3v) is 6.85. The molecule has 0 aromatic carbocycles. The van der Waals surface area contributed by atoms with Crippen molar-refractivity contribution < 1.29 is 66.2 Å². The maximum absolute atomic E-state index is 9.48. The summed E-state index contributed by atoms with van der Waals surface area (Å²) in [6, 6.07) is 0. The van der Waals surface area contributed by atoms with Gasteiger partial charge in [0.05, 0.1) is 152 Å². The molecule has 2 aliphatic heterocycles. The van der Waals surface area contributed by atoms with Crippen molar-refractivity contribution in [3.05, 3.63) is 47.9 Å². The van der Waals surface area contributed by atoms with E-state index in [0.29, 0.717) is 119 Å². The molecule has 0 aromatic rings. The molecule has 0 atom stereocenters. The number of nitrogens with one attached hydrogen (secondary N) is 2. The molecule has 2 aliphatic rings. The number of rotatable bonds is 34. The third-order valence-electron chi connectivity index (χ3n) is 6.28. The zero-order valence-electron chi connectivity index (χ0n) is 32.1. The van der Waals surface area contributed by atoms with E-state index in [0.717, 1.165) is 50.3 Å². The highest BCUT2D eigenvalue weighted by Gasteiger charge is 2.09. The standard InChI is InChI=1S/2C17H30NO5.C2H7O4P/c2*1-2-19-8-9-21-12-13-23-15-14-22-11-10-20-7-5-17-4-3-6-18-16-17;1-2-6-7(3,4)5/h2*3-4,18H,2,5-15H2,1H3;2H2,1H3,(H2,3,4,5)/q2*+1;/p-2. The van der Waals surface area contributed by atoms with Crippen LogP contribution in [-0.2, 0) is 56.5 Å². The Morgan fingerprint density at radius 1 is 0.491 bits per heavy atom. The lowest BCUT2D eigenvalue weighted by Crippen LogP contribution is -2.15. The van der Waals surface area contributed by atoms with Gasteiger partial charge in [-0.15, -0.1) is 0 Å². The molecule has 0 spiro atoms. The summed E-state index contributed by atoms with van der Waals surface area (Å²) in [5, 5.41) is 6.11. The van der Waals surface area contributed by atoms with Gasteiger partial charge in [-0.2, -0.15) is 0 Å². The van der Waals surface area contributed by atoms with Crippen molar-refractivity contribution in [3.63, 3.8) is 0 Å². The summed E-state index contributed by atoms with van der Waals surface area (Å²) in [6.45, 7) is 19.4. The van der Waals surface area contributed by atoms with Gasteiger partial charge in [0, 0.05) is 44.8 Å². The van der Waals surface area contributed by atoms with Crippen molar-refractivity contribution in [1.29, 1.82) is 0 Å². The minimum Gasteiger partial charge on any atom is -0.790 e. The quantitative estimate of drug-likeness (QED) is 0.0543. The molecule has 0 unspecified atom stereocenters. The van der Waals surface area contributed by atoms with Crippen molar-refractivity contribution in [1.82, 2.24) is 10.6 Å². The molecule has 2 N–H and O–H groups in total. The number of ether oxygens (including phenoxy) is 10. The Hall–Kier alpha value is -1.91. The first-order chi connectivity index (χ1) is 25.9. The fraction of sp³-hybridized carbons (Fsp3) is 0.778. The van der Waals surface area contributed by atoms with Crippen LogP contribution in [0.5, 0.6) is 0 Å². The summed E-state index contributed by atoms with van der Waals surface area (Å²) in [7, 11) is -4.67. The second-order valence-electron chi connectivity index (χ2n) is 10.5. The van der Waals surface area contributed by atoms with Crippen LogP contribution in [0.25, 0.3) is 0 Å². The molecule has 0 fully saturated rings. The van der Waals surface area contributed by atoms with E-state index >= 15 is 0 Å². The molecule has 0 aromatic heterocycles. The van der Waals surface area contributed by atoms with Crippen molar-refractivity contribution >= 4 is 7.82 Å². The van der Waals surface area contributed by atoms with Gasteiger partial charge < -0.3 is 66.2 Å². The van der Waals surface area contributed by atoms with Gasteiger partial charge in [0.15, 0.2) is 23.5 Å². The predicted molar refractivity (Wildman–Crippen MR) is 196 cm³/mol. The van der Waals surface area contributed by atoms with E-state index in [9.17, 15) is 14.4 Å². The third kappa shape index (κ3) is 42.7. The lowest BCUT2D eigenvalue weighted by molar-refractivity contribution is -0.341. The summed E-state index contributed by atoms with van der Waals surface area (Å²) in [4.78, 5) is 19.0. The highest BCUT2D eigenvalue weighted by atomic mass is 31.2. The van der Waals surface area contributed by atoms with Gasteiger partial charge in [-0.05, 0) is 20.8 Å². The first-order valence-electron chi connectivity index (χ1n) is 18.4. The van der Waals surface area contributed by atoms with Gasteiger partial charge in [-0.3, -0.25) is 10.6 Å². The van der Waals surface area contributed by atoms with Crippen molar-refractivity contribution in [2.75, 3.05) is 152 Å². The van der Waals surface area contributed by atoms with Crippen molar-refractivity contribution in [2.24, 2.45) is 0 Å². The molecule has 0 saturated carbocycles. The molecule has 16 nitrogen and oxygen atoms in total. The molecule has 0 aliphatic carbocycles. The van der Waals surface area contributed by atoms with Crippen LogP contribution in [0.2, 0.25) is 0 Å². The Kier molecular flexibility index (Phi) is 39.8. The first-order valence-corrected chi connectivity index (χ1v) is 19.8. The lowest BCUT2D eigenvalue weighted by Gasteiger charge is -2.27. The number of phosphoric ester groups is 1. The average Bonchev–Trinajstić information content (AvgIpc) is 3.16. The van der Waals surface area contributed by atoms with Crippen molar-refractivity contribution in [3.8, 4) is 0 Å². The molecule has 2 heterocycles. The van der Waals surface area contributed by atoms with Crippen molar-refractivity contribution in [2.45, 2.75) is 33.6 Å². The Balaban J connectivity index is 0.000000865. The lowest BCUT2D eigenvalue weighted by atomic mass is 10.1. The number of allylic oxidation sites excluding steroid dienone is 2. The molecule has 0 radical (unpaired) electrons. The number of phosphoric acid groups is 1. The van der Waals surface area contributed by atoms with Gasteiger partial charge in [0.1, 0.15) is 0 Å². The second kappa shape index (κ2) is 41.3. The van der Waals surface area contributed by atoms with Gasteiger partial charge in [-0.1, -0.05) is 0 Å². The fourth-order valence-corrected chi connectivity index (χ4v) is 4.11. The predicted octanol–water partition coefficient (Wildman–Crippen LogP) is 1.50. The van der Waals surface area contributed by atoms with Gasteiger partial charge >= 0.3 is 0 Å². The Labute approximate surface area is 317 Å². The normalized spacial score (nSPS) is 13.3. The number of hydrogen-bond acceptors (Lipinski definition) is 16. The molecule has 308 valence electrons. The highest BCUT2D eigenvalue weighted by molar-refractivity contribution is 7.43. The van der Waals surface area contributed by atoms with E-state index in [4.69, 9.17) is 47.4 Å². The number of hydrogen-bond donors (Lipinski definition) is 2. The molecule has 17 heteroatoms. The highest BCUT2D eigenvalue weighted by Crippen LogP contribution is 2.23. The minimum absolute atomic E-state index is 0.0791. The van der Waals surface area contributed by atoms with Crippen LogP contribution in [0.15, 0.2) is 35.5 Å². The molecule has 0 amide bonds. The van der Waals surface area contributed by atoms with Crippen LogP contribution in [0.1, 0.15) is 33.6 Å². The van der Waals surface area contributed by atoms with E-state index < -0.39 is 7.82 Å². The monoisotopic (exact) mass is 780 g/mol.